The lowest BCUT2D eigenvalue weighted by atomic mass is 9.70. The summed E-state index contributed by atoms with van der Waals surface area (Å²) in [6, 6.07) is 31.0. The number of hydrogen-bond acceptors (Lipinski definition) is 5. The van der Waals surface area contributed by atoms with Gasteiger partial charge in [-0.1, -0.05) is 96.9 Å². The maximum Gasteiger partial charge on any atom is 0.415 e. The fourth-order valence-corrected chi connectivity index (χ4v) is 4.77. The van der Waals surface area contributed by atoms with Gasteiger partial charge in [0.15, 0.2) is 0 Å². The Labute approximate surface area is 211 Å². The van der Waals surface area contributed by atoms with Crippen molar-refractivity contribution in [2.45, 2.75) is 24.4 Å². The number of carbonyl (C=O) groups is 1. The molecule has 6 nitrogen and oxygen atoms in total. The lowest BCUT2D eigenvalue weighted by molar-refractivity contribution is 0.176. The summed E-state index contributed by atoms with van der Waals surface area (Å²) in [5, 5.41) is 3.20. The van der Waals surface area contributed by atoms with Crippen LogP contribution in [0.1, 0.15) is 29.7 Å². The van der Waals surface area contributed by atoms with E-state index < -0.39 is 17.6 Å². The number of hydrogen-bond donors (Lipinski definition) is 1. The Kier molecular flexibility index (Phi) is 6.38. The van der Waals surface area contributed by atoms with Crippen molar-refractivity contribution in [1.82, 2.24) is 9.97 Å². The molecule has 1 saturated heterocycles. The second kappa shape index (κ2) is 9.93. The Hall–Kier alpha value is -4.63. The summed E-state index contributed by atoms with van der Waals surface area (Å²) < 4.78 is 5.61. The molecule has 4 aromatic rings. The molecule has 2 atom stereocenters. The Bertz CT molecular complexity index is 1330. The molecule has 0 aliphatic carbocycles. The number of carbonyl (C=O) groups excluding carboxylic acids is 1. The number of nitrogens with one attached hydrogen (secondary N) is 1. The van der Waals surface area contributed by atoms with Crippen molar-refractivity contribution < 1.29 is 9.53 Å². The number of ether oxygens (including phenoxy) is 1. The van der Waals surface area contributed by atoms with Crippen molar-refractivity contribution in [2.24, 2.45) is 0 Å². The zero-order chi connectivity index (χ0) is 25.0. The largest absolute Gasteiger partial charge is 0.447 e. The number of aromatic nitrogens is 2. The first-order valence-corrected chi connectivity index (χ1v) is 11.8. The predicted octanol–water partition coefficient (Wildman–Crippen LogP) is 5.59. The number of amides is 1. The molecule has 0 radical (unpaired) electrons. The van der Waals surface area contributed by atoms with E-state index in [2.05, 4.69) is 52.4 Å². The molecule has 1 amide bonds. The Morgan fingerprint density at radius 3 is 2.14 bits per heavy atom. The molecule has 0 saturated carbocycles. The van der Waals surface area contributed by atoms with Gasteiger partial charge in [0.2, 0.25) is 5.95 Å². The van der Waals surface area contributed by atoms with Gasteiger partial charge in [-0.3, -0.25) is 4.90 Å². The van der Waals surface area contributed by atoms with E-state index in [0.717, 1.165) is 16.7 Å². The molecule has 36 heavy (non-hydrogen) atoms. The maximum atomic E-state index is 13.1. The molecular weight excluding hydrogens is 448 g/mol. The first-order valence-electron chi connectivity index (χ1n) is 11.8. The van der Waals surface area contributed by atoms with E-state index in [4.69, 9.17) is 11.2 Å². The van der Waals surface area contributed by atoms with Crippen LogP contribution in [0.3, 0.4) is 0 Å². The molecule has 178 valence electrons. The second-order valence-corrected chi connectivity index (χ2v) is 8.79. The quantitative estimate of drug-likeness (QED) is 0.354. The van der Waals surface area contributed by atoms with Gasteiger partial charge >= 0.3 is 6.09 Å². The van der Waals surface area contributed by atoms with Gasteiger partial charge in [0.25, 0.3) is 0 Å². The van der Waals surface area contributed by atoms with Crippen LogP contribution in [0, 0.1) is 12.3 Å². The van der Waals surface area contributed by atoms with Gasteiger partial charge in [-0.2, -0.15) is 4.98 Å². The molecular formula is C30H26N4O2. The Morgan fingerprint density at radius 2 is 1.56 bits per heavy atom. The summed E-state index contributed by atoms with van der Waals surface area (Å²) in [5.74, 6) is 3.52. The normalized spacial score (nSPS) is 16.2. The molecule has 1 aliphatic heterocycles. The predicted molar refractivity (Wildman–Crippen MR) is 141 cm³/mol. The van der Waals surface area contributed by atoms with Crippen LogP contribution in [0.2, 0.25) is 0 Å². The summed E-state index contributed by atoms with van der Waals surface area (Å²) in [7, 11) is 0. The Morgan fingerprint density at radius 1 is 0.972 bits per heavy atom. The van der Waals surface area contributed by atoms with E-state index in [9.17, 15) is 4.79 Å². The van der Waals surface area contributed by atoms with Gasteiger partial charge in [-0.05, 0) is 29.7 Å². The van der Waals surface area contributed by atoms with Crippen LogP contribution in [0.4, 0.5) is 16.6 Å². The highest BCUT2D eigenvalue weighted by atomic mass is 16.6. The van der Waals surface area contributed by atoms with Crippen LogP contribution in [0.25, 0.3) is 0 Å². The van der Waals surface area contributed by atoms with Crippen molar-refractivity contribution in [2.75, 3.05) is 16.8 Å². The zero-order valence-corrected chi connectivity index (χ0v) is 19.9. The van der Waals surface area contributed by atoms with Crippen LogP contribution in [0.5, 0.6) is 0 Å². The fourth-order valence-electron chi connectivity index (χ4n) is 4.77. The third kappa shape index (κ3) is 4.27. The summed E-state index contributed by atoms with van der Waals surface area (Å²) in [6.07, 6.45) is 6.96. The van der Waals surface area contributed by atoms with Crippen molar-refractivity contribution in [3.8, 4) is 12.3 Å². The van der Waals surface area contributed by atoms with E-state index in [-0.39, 0.29) is 12.6 Å². The highest BCUT2D eigenvalue weighted by molar-refractivity contribution is 5.90. The fraction of sp³-hybridized carbons (Fsp3) is 0.167. The summed E-state index contributed by atoms with van der Waals surface area (Å²) in [5.41, 5.74) is 2.52. The highest BCUT2D eigenvalue weighted by Crippen LogP contribution is 2.41. The molecule has 2 heterocycles. The molecule has 1 fully saturated rings. The molecule has 0 bridgehead atoms. The first-order chi connectivity index (χ1) is 17.6. The standard InChI is InChI=1S/C30H26N4O2/c1-3-25(22-13-7-4-8-14-22)32-28-31-20-19-27(33-28)34-26(21-36-29(34)35)30(2,23-15-9-5-10-16-23)24-17-11-6-12-18-24/h1,4-20,25-26H,21H2,2H3,(H,31,32,33). The van der Waals surface area contributed by atoms with E-state index in [1.807, 2.05) is 66.7 Å². The van der Waals surface area contributed by atoms with Crippen LogP contribution in [-0.4, -0.2) is 28.7 Å². The summed E-state index contributed by atoms with van der Waals surface area (Å²) >= 11 is 0. The number of cyclic esters (lactones) is 1. The lowest BCUT2D eigenvalue weighted by Crippen LogP contribution is -2.49. The molecule has 6 heteroatoms. The molecule has 0 spiro atoms. The number of nitrogens with zero attached hydrogens (tertiary/aromatic N) is 3. The van der Waals surface area contributed by atoms with E-state index >= 15 is 0 Å². The third-order valence-corrected chi connectivity index (χ3v) is 6.75. The maximum absolute atomic E-state index is 13.1. The average Bonchev–Trinajstić information content (AvgIpc) is 3.34. The van der Waals surface area contributed by atoms with Crippen molar-refractivity contribution in [1.29, 1.82) is 0 Å². The average molecular weight is 475 g/mol. The van der Waals surface area contributed by atoms with Crippen LogP contribution in [0.15, 0.2) is 103 Å². The molecule has 1 aliphatic rings. The number of terminal acetylenes is 1. The van der Waals surface area contributed by atoms with E-state index in [1.165, 1.54) is 0 Å². The second-order valence-electron chi connectivity index (χ2n) is 8.79. The SMILES string of the molecule is C#CC(Nc1nccc(N2C(=O)OCC2C(C)(c2ccccc2)c2ccccc2)n1)c1ccccc1. The monoisotopic (exact) mass is 474 g/mol. The minimum absolute atomic E-state index is 0.225. The third-order valence-electron chi connectivity index (χ3n) is 6.75. The minimum atomic E-state index is -0.557. The minimum Gasteiger partial charge on any atom is -0.447 e. The van der Waals surface area contributed by atoms with Gasteiger partial charge < -0.3 is 10.1 Å². The van der Waals surface area contributed by atoms with Crippen LogP contribution in [-0.2, 0) is 10.2 Å². The Balaban J connectivity index is 1.53. The van der Waals surface area contributed by atoms with Crippen molar-refractivity contribution >= 4 is 17.9 Å². The molecule has 1 aromatic heterocycles. The van der Waals surface area contributed by atoms with E-state index in [1.54, 1.807) is 17.2 Å². The van der Waals surface area contributed by atoms with E-state index in [0.29, 0.717) is 11.8 Å². The number of rotatable bonds is 7. The van der Waals surface area contributed by atoms with Gasteiger partial charge in [-0.25, -0.2) is 9.78 Å². The van der Waals surface area contributed by atoms with Crippen molar-refractivity contribution in [3.63, 3.8) is 0 Å². The topological polar surface area (TPSA) is 67.4 Å². The molecule has 1 N–H and O–H groups in total. The summed E-state index contributed by atoms with van der Waals surface area (Å²) in [6.45, 7) is 2.37. The smallest absolute Gasteiger partial charge is 0.415 e. The molecule has 2 unspecified atom stereocenters. The van der Waals surface area contributed by atoms with Gasteiger partial charge in [0.1, 0.15) is 18.5 Å². The lowest BCUT2D eigenvalue weighted by Gasteiger charge is -2.39. The molecule has 3 aromatic carbocycles. The molecule has 5 rings (SSSR count). The number of benzene rings is 3. The van der Waals surface area contributed by atoms with Crippen molar-refractivity contribution in [3.05, 3.63) is 120 Å². The summed E-state index contributed by atoms with van der Waals surface area (Å²) in [4.78, 5) is 23.8. The zero-order valence-electron chi connectivity index (χ0n) is 19.9. The van der Waals surface area contributed by atoms with Gasteiger partial charge in [-0.15, -0.1) is 6.42 Å². The van der Waals surface area contributed by atoms with Gasteiger partial charge in [0.05, 0.1) is 6.04 Å². The van der Waals surface area contributed by atoms with Crippen LogP contribution >= 0.6 is 0 Å². The highest BCUT2D eigenvalue weighted by Gasteiger charge is 2.49. The van der Waals surface area contributed by atoms with Gasteiger partial charge in [0, 0.05) is 11.6 Å². The van der Waals surface area contributed by atoms with Crippen LogP contribution < -0.4 is 10.2 Å². The number of anilines is 2. The first kappa shape index (κ1) is 23.1.